The number of nitrogens with zero attached hydrogens (tertiary/aromatic N) is 2. The lowest BCUT2D eigenvalue weighted by atomic mass is 10.1. The molecule has 0 aromatic heterocycles. The van der Waals surface area contributed by atoms with Crippen LogP contribution in [-0.2, 0) is 14.3 Å². The number of hydrogen-bond acceptors (Lipinski definition) is 4. The number of carbonyl (C=O) groups excluding carboxylic acids is 2. The van der Waals surface area contributed by atoms with Crippen molar-refractivity contribution in [2.45, 2.75) is 31.8 Å². The molecule has 5 heteroatoms. The maximum Gasteiger partial charge on any atom is 0.236 e. The maximum atomic E-state index is 12.1. The Morgan fingerprint density at radius 2 is 1.83 bits per heavy atom. The lowest BCUT2D eigenvalue weighted by molar-refractivity contribution is -0.136. The van der Waals surface area contributed by atoms with Crippen molar-refractivity contribution in [1.29, 1.82) is 0 Å². The van der Waals surface area contributed by atoms with Gasteiger partial charge in [-0.25, -0.2) is 0 Å². The van der Waals surface area contributed by atoms with Crippen LogP contribution in [0.1, 0.15) is 25.7 Å². The van der Waals surface area contributed by atoms with Gasteiger partial charge in [0.25, 0.3) is 0 Å². The molecule has 18 heavy (non-hydrogen) atoms. The number of piperidine rings is 2. The van der Waals surface area contributed by atoms with Gasteiger partial charge in [-0.2, -0.15) is 0 Å². The summed E-state index contributed by atoms with van der Waals surface area (Å²) in [5, 5.41) is 0. The quantitative estimate of drug-likeness (QED) is 0.726. The topological polar surface area (TPSA) is 49.9 Å². The molecule has 0 spiro atoms. The summed E-state index contributed by atoms with van der Waals surface area (Å²) >= 11 is 0. The Morgan fingerprint density at radius 3 is 2.39 bits per heavy atom. The van der Waals surface area contributed by atoms with E-state index in [0.29, 0.717) is 38.6 Å². The van der Waals surface area contributed by atoms with Crippen molar-refractivity contribution in [3.63, 3.8) is 0 Å². The van der Waals surface area contributed by atoms with Crippen LogP contribution in [0.2, 0.25) is 0 Å². The largest absolute Gasteiger partial charge is 0.381 e. The Hall–Kier alpha value is -0.940. The lowest BCUT2D eigenvalue weighted by Gasteiger charge is -2.33. The molecule has 1 amide bonds. The first-order valence-electron chi connectivity index (χ1n) is 6.73. The van der Waals surface area contributed by atoms with E-state index in [-0.39, 0.29) is 11.7 Å². The minimum atomic E-state index is 0.165. The highest BCUT2D eigenvalue weighted by Gasteiger charge is 2.25. The minimum absolute atomic E-state index is 0.165. The molecule has 2 fully saturated rings. The zero-order valence-corrected chi connectivity index (χ0v) is 11.1. The molecule has 0 radical (unpaired) electrons. The SMILES string of the molecule is COC1CCN(CC(=O)N2CCC(=O)CC2)CC1. The molecule has 0 bridgehead atoms. The molecule has 0 N–H and O–H groups in total. The van der Waals surface area contributed by atoms with Crippen LogP contribution in [-0.4, -0.2) is 67.4 Å². The zero-order valence-electron chi connectivity index (χ0n) is 11.1. The predicted molar refractivity (Wildman–Crippen MR) is 67.3 cm³/mol. The molecule has 0 unspecified atom stereocenters. The third kappa shape index (κ3) is 3.53. The zero-order chi connectivity index (χ0) is 13.0. The van der Waals surface area contributed by atoms with E-state index in [4.69, 9.17) is 4.74 Å². The van der Waals surface area contributed by atoms with Gasteiger partial charge in [-0.1, -0.05) is 0 Å². The highest BCUT2D eigenvalue weighted by molar-refractivity contribution is 5.84. The summed E-state index contributed by atoms with van der Waals surface area (Å²) in [6.45, 7) is 3.55. The molecule has 5 nitrogen and oxygen atoms in total. The van der Waals surface area contributed by atoms with E-state index < -0.39 is 0 Å². The first-order chi connectivity index (χ1) is 8.69. The Kier molecular flexibility index (Phi) is 4.72. The molecule has 2 aliphatic heterocycles. The number of ketones is 1. The van der Waals surface area contributed by atoms with Gasteiger partial charge in [0, 0.05) is 46.1 Å². The number of Topliss-reactive ketones (excluding diaryl/α,β-unsaturated/α-hetero) is 1. The lowest BCUT2D eigenvalue weighted by Crippen LogP contribution is -2.46. The number of carbonyl (C=O) groups is 2. The van der Waals surface area contributed by atoms with Crippen LogP contribution in [0.5, 0.6) is 0 Å². The van der Waals surface area contributed by atoms with E-state index in [1.165, 1.54) is 0 Å². The number of ether oxygens (including phenoxy) is 1. The Labute approximate surface area is 108 Å². The summed E-state index contributed by atoms with van der Waals surface area (Å²) in [6, 6.07) is 0. The van der Waals surface area contributed by atoms with Crippen molar-refractivity contribution in [1.82, 2.24) is 9.80 Å². The fourth-order valence-electron chi connectivity index (χ4n) is 2.60. The third-order valence-electron chi connectivity index (χ3n) is 3.90. The number of hydrogen-bond donors (Lipinski definition) is 0. The molecule has 0 aliphatic carbocycles. The number of amides is 1. The van der Waals surface area contributed by atoms with Gasteiger partial charge in [0.2, 0.25) is 5.91 Å². The maximum absolute atomic E-state index is 12.1. The van der Waals surface area contributed by atoms with Gasteiger partial charge in [0.1, 0.15) is 5.78 Å². The van der Waals surface area contributed by atoms with Crippen molar-refractivity contribution in [2.75, 3.05) is 39.8 Å². The molecule has 102 valence electrons. The summed E-state index contributed by atoms with van der Waals surface area (Å²) in [5.41, 5.74) is 0. The van der Waals surface area contributed by atoms with E-state index in [0.717, 1.165) is 25.9 Å². The molecular formula is C13H22N2O3. The molecule has 2 saturated heterocycles. The van der Waals surface area contributed by atoms with Crippen LogP contribution in [0.25, 0.3) is 0 Å². The summed E-state index contributed by atoms with van der Waals surface area (Å²) in [7, 11) is 1.75. The second kappa shape index (κ2) is 6.29. The molecule has 0 atom stereocenters. The minimum Gasteiger partial charge on any atom is -0.381 e. The Balaban J connectivity index is 1.73. The summed E-state index contributed by atoms with van der Waals surface area (Å²) in [6.07, 6.45) is 3.41. The van der Waals surface area contributed by atoms with E-state index in [1.54, 1.807) is 7.11 Å². The predicted octanol–water partition coefficient (Wildman–Crippen LogP) is 0.289. The van der Waals surface area contributed by atoms with E-state index in [9.17, 15) is 9.59 Å². The molecular weight excluding hydrogens is 232 g/mol. The number of likely N-dealkylation sites (tertiary alicyclic amines) is 2. The molecule has 0 saturated carbocycles. The Bertz CT molecular complexity index is 301. The molecule has 0 aromatic carbocycles. The van der Waals surface area contributed by atoms with Gasteiger partial charge in [0.15, 0.2) is 0 Å². The highest BCUT2D eigenvalue weighted by Crippen LogP contribution is 2.13. The van der Waals surface area contributed by atoms with Crippen molar-refractivity contribution in [3.8, 4) is 0 Å². The monoisotopic (exact) mass is 254 g/mol. The van der Waals surface area contributed by atoms with Gasteiger partial charge < -0.3 is 9.64 Å². The van der Waals surface area contributed by atoms with Crippen LogP contribution in [0.15, 0.2) is 0 Å². The van der Waals surface area contributed by atoms with E-state index >= 15 is 0 Å². The summed E-state index contributed by atoms with van der Waals surface area (Å²) in [4.78, 5) is 27.2. The van der Waals surface area contributed by atoms with Crippen LogP contribution < -0.4 is 0 Å². The van der Waals surface area contributed by atoms with Crippen molar-refractivity contribution < 1.29 is 14.3 Å². The van der Waals surface area contributed by atoms with Gasteiger partial charge in [-0.05, 0) is 12.8 Å². The van der Waals surface area contributed by atoms with Crippen LogP contribution in [0, 0.1) is 0 Å². The molecule has 2 aliphatic rings. The fourth-order valence-corrected chi connectivity index (χ4v) is 2.60. The van der Waals surface area contributed by atoms with Crippen LogP contribution in [0.4, 0.5) is 0 Å². The van der Waals surface area contributed by atoms with Crippen molar-refractivity contribution >= 4 is 11.7 Å². The average Bonchev–Trinajstić information content (AvgIpc) is 2.40. The van der Waals surface area contributed by atoms with Crippen LogP contribution in [0.3, 0.4) is 0 Å². The smallest absolute Gasteiger partial charge is 0.236 e. The van der Waals surface area contributed by atoms with E-state index in [1.807, 2.05) is 4.90 Å². The molecule has 0 aromatic rings. The first-order valence-corrected chi connectivity index (χ1v) is 6.73. The standard InChI is InChI=1S/C13H22N2O3/c1-18-12-4-6-14(7-5-12)10-13(17)15-8-2-11(16)3-9-15/h12H,2-10H2,1H3. The second-order valence-electron chi connectivity index (χ2n) is 5.13. The third-order valence-corrected chi connectivity index (χ3v) is 3.90. The van der Waals surface area contributed by atoms with Gasteiger partial charge >= 0.3 is 0 Å². The van der Waals surface area contributed by atoms with Crippen LogP contribution >= 0.6 is 0 Å². The number of rotatable bonds is 3. The highest BCUT2D eigenvalue weighted by atomic mass is 16.5. The first kappa shape index (κ1) is 13.5. The van der Waals surface area contributed by atoms with E-state index in [2.05, 4.69) is 4.90 Å². The van der Waals surface area contributed by atoms with Crippen molar-refractivity contribution in [3.05, 3.63) is 0 Å². The van der Waals surface area contributed by atoms with Gasteiger partial charge in [-0.15, -0.1) is 0 Å². The average molecular weight is 254 g/mol. The summed E-state index contributed by atoms with van der Waals surface area (Å²) in [5.74, 6) is 0.443. The fraction of sp³-hybridized carbons (Fsp3) is 0.846. The van der Waals surface area contributed by atoms with Gasteiger partial charge in [-0.3, -0.25) is 14.5 Å². The summed E-state index contributed by atoms with van der Waals surface area (Å²) < 4.78 is 5.31. The normalized spacial score (nSPS) is 23.4. The number of methoxy groups -OCH3 is 1. The molecule has 2 heterocycles. The second-order valence-corrected chi connectivity index (χ2v) is 5.13. The van der Waals surface area contributed by atoms with Gasteiger partial charge in [0.05, 0.1) is 12.6 Å². The van der Waals surface area contributed by atoms with Crippen molar-refractivity contribution in [2.24, 2.45) is 0 Å². The Morgan fingerprint density at radius 1 is 1.22 bits per heavy atom. The molecule has 2 rings (SSSR count).